The SMILES string of the molecule is CC(C)(C)OC(=O)N1CC(=O)C(C(=S)N(N)c2ccccc2)=C(N(N)Cc2ccnc(N=NN)c2)C1. The van der Waals surface area contributed by atoms with E-state index in [1.807, 2.05) is 6.07 Å². The zero-order chi connectivity index (χ0) is 26.5. The van der Waals surface area contributed by atoms with Crippen molar-refractivity contribution in [3.63, 3.8) is 0 Å². The lowest BCUT2D eigenvalue weighted by Crippen LogP contribution is -2.51. The third-order valence-corrected chi connectivity index (χ3v) is 5.43. The molecule has 6 N–H and O–H groups in total. The van der Waals surface area contributed by atoms with Crippen LogP contribution < -0.4 is 22.5 Å². The van der Waals surface area contributed by atoms with Crippen LogP contribution in [0.2, 0.25) is 0 Å². The molecule has 0 atom stereocenters. The molecule has 0 radical (unpaired) electrons. The summed E-state index contributed by atoms with van der Waals surface area (Å²) in [6.45, 7) is 5.12. The number of carbonyl (C=O) groups is 2. The number of hydrazine groups is 2. The van der Waals surface area contributed by atoms with Crippen molar-refractivity contribution in [1.29, 1.82) is 0 Å². The summed E-state index contributed by atoms with van der Waals surface area (Å²) in [5.41, 5.74) is 1.02. The van der Waals surface area contributed by atoms with E-state index >= 15 is 0 Å². The fourth-order valence-electron chi connectivity index (χ4n) is 3.45. The highest BCUT2D eigenvalue weighted by molar-refractivity contribution is 7.81. The maximum absolute atomic E-state index is 13.3. The molecular weight excluding hydrogens is 482 g/mol. The third kappa shape index (κ3) is 6.59. The number of anilines is 1. The van der Waals surface area contributed by atoms with E-state index in [-0.39, 0.29) is 30.2 Å². The number of para-hydroxylation sites is 1. The number of rotatable bonds is 6. The smallest absolute Gasteiger partial charge is 0.411 e. The van der Waals surface area contributed by atoms with E-state index in [2.05, 4.69) is 15.3 Å². The summed E-state index contributed by atoms with van der Waals surface area (Å²) in [7, 11) is 0. The summed E-state index contributed by atoms with van der Waals surface area (Å²) >= 11 is 5.62. The molecule has 0 fully saturated rings. The molecule has 0 bridgehead atoms. The number of pyridine rings is 1. The van der Waals surface area contributed by atoms with Crippen molar-refractivity contribution in [3.8, 4) is 0 Å². The number of aromatic nitrogens is 1. The normalized spacial score (nSPS) is 14.2. The average Bonchev–Trinajstić information content (AvgIpc) is 2.82. The molecular formula is C23H29N9O3S. The second-order valence-corrected chi connectivity index (χ2v) is 9.34. The van der Waals surface area contributed by atoms with E-state index in [0.29, 0.717) is 22.8 Å². The maximum atomic E-state index is 13.3. The second-order valence-electron chi connectivity index (χ2n) is 8.96. The van der Waals surface area contributed by atoms with Gasteiger partial charge >= 0.3 is 6.09 Å². The van der Waals surface area contributed by atoms with Gasteiger partial charge in [0.05, 0.1) is 36.6 Å². The second kappa shape index (κ2) is 11.2. The van der Waals surface area contributed by atoms with E-state index in [1.54, 1.807) is 57.2 Å². The van der Waals surface area contributed by atoms with Gasteiger partial charge in [-0.05, 0) is 50.6 Å². The van der Waals surface area contributed by atoms with Crippen LogP contribution >= 0.6 is 12.2 Å². The Kier molecular flexibility index (Phi) is 8.29. The van der Waals surface area contributed by atoms with Crippen molar-refractivity contribution in [2.45, 2.75) is 32.9 Å². The Bertz CT molecular complexity index is 1190. The van der Waals surface area contributed by atoms with Gasteiger partial charge in [-0.2, -0.15) is 0 Å². The molecule has 0 saturated heterocycles. The van der Waals surface area contributed by atoms with Crippen LogP contribution in [0.5, 0.6) is 0 Å². The maximum Gasteiger partial charge on any atom is 0.411 e. The molecule has 0 aliphatic carbocycles. The Morgan fingerprint density at radius 1 is 1.19 bits per heavy atom. The number of nitrogens with zero attached hydrogens (tertiary/aromatic N) is 6. The minimum atomic E-state index is -0.742. The van der Waals surface area contributed by atoms with Crippen LogP contribution in [0.1, 0.15) is 26.3 Å². The van der Waals surface area contributed by atoms with Crippen LogP contribution in [0, 0.1) is 0 Å². The molecule has 12 nitrogen and oxygen atoms in total. The van der Waals surface area contributed by atoms with Crippen molar-refractivity contribution in [3.05, 3.63) is 65.5 Å². The van der Waals surface area contributed by atoms with Crippen LogP contribution in [-0.4, -0.2) is 50.4 Å². The standard InChI is InChI=1S/C23H29N9O3S/c1-23(2,3)35-22(34)30-13-17(31(25)12-15-9-10-27-19(11-15)28-29-24)20(18(33)14-30)21(36)32(26)16-7-5-4-6-8-16/h4-11H,12-14,25-26H2,1-3H3,(H2,24,27,28). The average molecular weight is 512 g/mol. The van der Waals surface area contributed by atoms with E-state index in [4.69, 9.17) is 34.5 Å². The first-order chi connectivity index (χ1) is 17.0. The monoisotopic (exact) mass is 511 g/mol. The van der Waals surface area contributed by atoms with E-state index in [1.165, 1.54) is 21.1 Å². The van der Waals surface area contributed by atoms with Crippen LogP contribution in [0.4, 0.5) is 16.3 Å². The fourth-order valence-corrected chi connectivity index (χ4v) is 3.79. The molecule has 1 aliphatic rings. The summed E-state index contributed by atoms with van der Waals surface area (Å²) in [6.07, 6.45) is 0.886. The van der Waals surface area contributed by atoms with Crippen molar-refractivity contribution >= 4 is 40.6 Å². The van der Waals surface area contributed by atoms with Crippen LogP contribution in [0.3, 0.4) is 0 Å². The number of Topliss-reactive ketones (excluding diaryl/α,β-unsaturated/α-hetero) is 1. The Hall–Kier alpha value is -3.94. The van der Waals surface area contributed by atoms with Crippen LogP contribution in [0.15, 0.2) is 70.3 Å². The number of benzene rings is 1. The topological polar surface area (TPSA) is 169 Å². The summed E-state index contributed by atoms with van der Waals surface area (Å²) in [5, 5.41) is 9.54. The lowest BCUT2D eigenvalue weighted by atomic mass is 10.0. The Labute approximate surface area is 214 Å². The van der Waals surface area contributed by atoms with Crippen molar-refractivity contribution in [2.75, 3.05) is 18.1 Å². The summed E-state index contributed by atoms with van der Waals surface area (Å²) < 4.78 is 5.47. The molecule has 36 heavy (non-hydrogen) atoms. The highest BCUT2D eigenvalue weighted by Gasteiger charge is 2.36. The van der Waals surface area contributed by atoms with Gasteiger partial charge in [-0.3, -0.25) is 14.7 Å². The Morgan fingerprint density at radius 2 is 1.89 bits per heavy atom. The molecule has 1 aromatic heterocycles. The molecule has 1 aliphatic heterocycles. The molecule has 2 aromatic rings. The van der Waals surface area contributed by atoms with Gasteiger partial charge in [0.15, 0.2) is 11.6 Å². The lowest BCUT2D eigenvalue weighted by Gasteiger charge is -2.36. The van der Waals surface area contributed by atoms with Gasteiger partial charge in [-0.25, -0.2) is 21.5 Å². The minimum absolute atomic E-state index is 0.0181. The van der Waals surface area contributed by atoms with Crippen molar-refractivity contribution < 1.29 is 14.3 Å². The number of amides is 1. The fraction of sp³-hybridized carbons (Fsp3) is 0.304. The molecule has 0 saturated carbocycles. The summed E-state index contributed by atoms with van der Waals surface area (Å²) in [4.78, 5) is 31.5. The number of carbonyl (C=O) groups excluding carboxylic acids is 2. The van der Waals surface area contributed by atoms with Crippen molar-refractivity contribution in [2.24, 2.45) is 27.9 Å². The predicted octanol–water partition coefficient (Wildman–Crippen LogP) is 2.50. The molecule has 1 aromatic carbocycles. The van der Waals surface area contributed by atoms with Gasteiger partial charge in [0.2, 0.25) is 0 Å². The predicted molar refractivity (Wildman–Crippen MR) is 138 cm³/mol. The molecule has 1 amide bonds. The highest BCUT2D eigenvalue weighted by atomic mass is 32.1. The van der Waals surface area contributed by atoms with Gasteiger partial charge in [0.1, 0.15) is 10.6 Å². The number of thiocarbonyl (C=S) groups is 1. The largest absolute Gasteiger partial charge is 0.444 e. The molecule has 0 spiro atoms. The van der Waals surface area contributed by atoms with E-state index < -0.39 is 17.5 Å². The number of ketones is 1. The van der Waals surface area contributed by atoms with Gasteiger partial charge < -0.3 is 15.6 Å². The summed E-state index contributed by atoms with van der Waals surface area (Å²) in [5.74, 6) is 17.7. The zero-order valence-electron chi connectivity index (χ0n) is 20.3. The summed E-state index contributed by atoms with van der Waals surface area (Å²) in [6, 6.07) is 12.3. The molecule has 2 heterocycles. The Morgan fingerprint density at radius 3 is 2.53 bits per heavy atom. The molecule has 13 heteroatoms. The number of nitrogens with two attached hydrogens (primary N) is 3. The molecule has 0 unspecified atom stereocenters. The highest BCUT2D eigenvalue weighted by Crippen LogP contribution is 2.25. The van der Waals surface area contributed by atoms with Gasteiger partial charge in [-0.15, -0.1) is 5.11 Å². The zero-order valence-corrected chi connectivity index (χ0v) is 21.1. The first kappa shape index (κ1) is 26.7. The van der Waals surface area contributed by atoms with Crippen LogP contribution in [0.25, 0.3) is 0 Å². The number of ether oxygens (including phenoxy) is 1. The van der Waals surface area contributed by atoms with Gasteiger partial charge in [-0.1, -0.05) is 35.6 Å². The van der Waals surface area contributed by atoms with E-state index in [9.17, 15) is 9.59 Å². The molecule has 3 rings (SSSR count). The van der Waals surface area contributed by atoms with Gasteiger partial charge in [0, 0.05) is 6.20 Å². The first-order valence-corrected chi connectivity index (χ1v) is 11.4. The number of hydrogen-bond acceptors (Lipinski definition) is 10. The lowest BCUT2D eigenvalue weighted by molar-refractivity contribution is -0.117. The third-order valence-electron chi connectivity index (χ3n) is 5.03. The van der Waals surface area contributed by atoms with E-state index in [0.717, 1.165) is 0 Å². The number of hydrogen-bond donors (Lipinski definition) is 3. The van der Waals surface area contributed by atoms with Crippen molar-refractivity contribution in [1.82, 2.24) is 14.9 Å². The molecule has 190 valence electrons. The van der Waals surface area contributed by atoms with Crippen LogP contribution in [-0.2, 0) is 16.1 Å². The quantitative estimate of drug-likeness (QED) is 0.227. The first-order valence-electron chi connectivity index (χ1n) is 11.0. The Balaban J connectivity index is 1.99. The minimum Gasteiger partial charge on any atom is -0.444 e. The van der Waals surface area contributed by atoms with Gasteiger partial charge in [0.25, 0.3) is 0 Å².